The van der Waals surface area contributed by atoms with Crippen molar-refractivity contribution in [2.24, 2.45) is 0 Å². The maximum absolute atomic E-state index is 12.6. The zero-order valence-electron chi connectivity index (χ0n) is 13.3. The van der Waals surface area contributed by atoms with Crippen LogP contribution in [0.4, 0.5) is 0 Å². The zero-order valence-corrected chi connectivity index (χ0v) is 13.3. The second-order valence-corrected chi connectivity index (χ2v) is 5.98. The van der Waals surface area contributed by atoms with Crippen molar-refractivity contribution in [2.45, 2.75) is 32.4 Å². The summed E-state index contributed by atoms with van der Waals surface area (Å²) in [6.07, 6.45) is 3.61. The highest BCUT2D eigenvalue weighted by atomic mass is 16.5. The monoisotopic (exact) mass is 330 g/mol. The van der Waals surface area contributed by atoms with Crippen LogP contribution >= 0.6 is 0 Å². The van der Waals surface area contributed by atoms with E-state index in [1.807, 2.05) is 0 Å². The van der Waals surface area contributed by atoms with Gasteiger partial charge in [-0.3, -0.25) is 14.0 Å². The average molecular weight is 330 g/mol. The molecule has 0 aromatic carbocycles. The van der Waals surface area contributed by atoms with Crippen molar-refractivity contribution in [1.82, 2.24) is 19.5 Å². The third kappa shape index (κ3) is 2.48. The van der Waals surface area contributed by atoms with E-state index >= 15 is 0 Å². The van der Waals surface area contributed by atoms with Crippen LogP contribution in [0.5, 0.6) is 0 Å². The maximum atomic E-state index is 12.6. The molecule has 0 unspecified atom stereocenters. The van der Waals surface area contributed by atoms with Gasteiger partial charge in [0, 0.05) is 25.3 Å². The van der Waals surface area contributed by atoms with Crippen LogP contribution in [0.15, 0.2) is 27.6 Å². The van der Waals surface area contributed by atoms with E-state index in [0.29, 0.717) is 23.5 Å². The summed E-state index contributed by atoms with van der Waals surface area (Å²) in [7, 11) is 0. The van der Waals surface area contributed by atoms with E-state index in [4.69, 9.17) is 9.15 Å². The van der Waals surface area contributed by atoms with Crippen LogP contribution in [-0.4, -0.2) is 39.3 Å². The first kappa shape index (κ1) is 14.9. The second-order valence-electron chi connectivity index (χ2n) is 5.98. The van der Waals surface area contributed by atoms with Crippen molar-refractivity contribution in [3.05, 3.63) is 34.6 Å². The molecule has 1 amide bonds. The van der Waals surface area contributed by atoms with E-state index in [1.54, 1.807) is 29.7 Å². The quantitative estimate of drug-likeness (QED) is 0.766. The number of nitrogens with zero attached hydrogens (tertiary/aromatic N) is 3. The van der Waals surface area contributed by atoms with E-state index in [-0.39, 0.29) is 24.1 Å². The van der Waals surface area contributed by atoms with Gasteiger partial charge in [0.25, 0.3) is 5.56 Å². The SMILES string of the molecule is Cc1nn(CC(=O)NC[C@@H]2CCCO2)c(=O)c2cc3occc3n12. The van der Waals surface area contributed by atoms with Gasteiger partial charge in [0.05, 0.1) is 17.9 Å². The summed E-state index contributed by atoms with van der Waals surface area (Å²) >= 11 is 0. The van der Waals surface area contributed by atoms with E-state index in [0.717, 1.165) is 25.0 Å². The van der Waals surface area contributed by atoms with Crippen LogP contribution in [-0.2, 0) is 16.1 Å². The Balaban J connectivity index is 1.58. The molecule has 1 fully saturated rings. The molecule has 8 nitrogen and oxygen atoms in total. The smallest absolute Gasteiger partial charge is 0.291 e. The number of amides is 1. The van der Waals surface area contributed by atoms with Gasteiger partial charge in [-0.25, -0.2) is 4.68 Å². The van der Waals surface area contributed by atoms with Crippen molar-refractivity contribution in [3.63, 3.8) is 0 Å². The topological polar surface area (TPSA) is 90.8 Å². The second kappa shape index (κ2) is 5.79. The number of carbonyl (C=O) groups excluding carboxylic acids is 1. The van der Waals surface area contributed by atoms with Crippen LogP contribution in [0.1, 0.15) is 18.7 Å². The van der Waals surface area contributed by atoms with Crippen molar-refractivity contribution in [2.75, 3.05) is 13.2 Å². The van der Waals surface area contributed by atoms with Gasteiger partial charge < -0.3 is 14.5 Å². The van der Waals surface area contributed by atoms with Gasteiger partial charge in [-0.05, 0) is 19.8 Å². The van der Waals surface area contributed by atoms with Gasteiger partial charge in [-0.2, -0.15) is 5.10 Å². The zero-order chi connectivity index (χ0) is 16.7. The molecule has 1 aliphatic heterocycles. The molecule has 3 aromatic heterocycles. The number of furan rings is 1. The average Bonchev–Trinajstić information content (AvgIpc) is 3.26. The Bertz CT molecular complexity index is 962. The van der Waals surface area contributed by atoms with Crippen molar-refractivity contribution in [1.29, 1.82) is 0 Å². The fraction of sp³-hybridized carbons (Fsp3) is 0.438. The molecule has 1 aliphatic rings. The Kier molecular flexibility index (Phi) is 3.61. The first-order valence-electron chi connectivity index (χ1n) is 7.98. The minimum Gasteiger partial charge on any atom is -0.463 e. The third-order valence-electron chi connectivity index (χ3n) is 4.31. The fourth-order valence-electron chi connectivity index (χ4n) is 3.16. The highest BCUT2D eigenvalue weighted by Gasteiger charge is 2.18. The fourth-order valence-corrected chi connectivity index (χ4v) is 3.16. The summed E-state index contributed by atoms with van der Waals surface area (Å²) in [5.41, 5.74) is 1.54. The normalized spacial score (nSPS) is 17.8. The van der Waals surface area contributed by atoms with E-state index < -0.39 is 0 Å². The van der Waals surface area contributed by atoms with Gasteiger partial charge in [0.1, 0.15) is 17.9 Å². The largest absolute Gasteiger partial charge is 0.463 e. The lowest BCUT2D eigenvalue weighted by Crippen LogP contribution is -2.38. The summed E-state index contributed by atoms with van der Waals surface area (Å²) in [6.45, 7) is 2.88. The lowest BCUT2D eigenvalue weighted by molar-refractivity contribution is -0.122. The van der Waals surface area contributed by atoms with Crippen LogP contribution in [0.2, 0.25) is 0 Å². The van der Waals surface area contributed by atoms with Gasteiger partial charge >= 0.3 is 0 Å². The van der Waals surface area contributed by atoms with E-state index in [2.05, 4.69) is 10.4 Å². The molecule has 4 rings (SSSR count). The Morgan fingerprint density at radius 1 is 1.46 bits per heavy atom. The maximum Gasteiger partial charge on any atom is 0.291 e. The molecule has 1 atom stereocenters. The van der Waals surface area contributed by atoms with Crippen LogP contribution in [0, 0.1) is 6.92 Å². The first-order chi connectivity index (χ1) is 11.6. The number of rotatable bonds is 4. The molecular weight excluding hydrogens is 312 g/mol. The number of aryl methyl sites for hydroxylation is 1. The van der Waals surface area contributed by atoms with Gasteiger partial charge in [-0.15, -0.1) is 0 Å². The van der Waals surface area contributed by atoms with E-state index in [1.165, 1.54) is 4.68 Å². The molecule has 0 saturated carbocycles. The summed E-state index contributed by atoms with van der Waals surface area (Å²) in [6, 6.07) is 3.46. The molecule has 3 aromatic rings. The molecule has 0 bridgehead atoms. The number of aromatic nitrogens is 3. The molecule has 0 aliphatic carbocycles. The number of hydrogen-bond acceptors (Lipinski definition) is 5. The van der Waals surface area contributed by atoms with Gasteiger partial charge in [-0.1, -0.05) is 0 Å². The van der Waals surface area contributed by atoms with Crippen molar-refractivity contribution < 1.29 is 13.9 Å². The highest BCUT2D eigenvalue weighted by molar-refractivity contribution is 5.82. The molecule has 0 radical (unpaired) electrons. The van der Waals surface area contributed by atoms with Crippen LogP contribution in [0.3, 0.4) is 0 Å². The molecule has 4 heterocycles. The number of carbonyl (C=O) groups is 1. The lowest BCUT2D eigenvalue weighted by atomic mass is 10.2. The summed E-state index contributed by atoms with van der Waals surface area (Å²) in [5, 5.41) is 7.06. The number of fused-ring (bicyclic) bond motifs is 3. The summed E-state index contributed by atoms with van der Waals surface area (Å²) < 4.78 is 13.7. The molecule has 24 heavy (non-hydrogen) atoms. The standard InChI is InChI=1S/C16H18N4O4/c1-10-18-19(9-15(21)17-8-11-3-2-5-23-11)16(22)13-7-14-12(20(10)13)4-6-24-14/h4,6-7,11H,2-3,5,8-9H2,1H3,(H,17,21)/t11-/m0/s1. The predicted octanol–water partition coefficient (Wildman–Crippen LogP) is 0.846. The van der Waals surface area contributed by atoms with Crippen molar-refractivity contribution >= 4 is 22.5 Å². The third-order valence-corrected chi connectivity index (χ3v) is 4.31. The molecular formula is C16H18N4O4. The Morgan fingerprint density at radius 2 is 2.33 bits per heavy atom. The first-order valence-corrected chi connectivity index (χ1v) is 7.98. The predicted molar refractivity (Wildman–Crippen MR) is 85.9 cm³/mol. The number of hydrogen-bond donors (Lipinski definition) is 1. The number of ether oxygens (including phenoxy) is 1. The summed E-state index contributed by atoms with van der Waals surface area (Å²) in [5.74, 6) is 0.368. The van der Waals surface area contributed by atoms with Crippen LogP contribution in [0.25, 0.3) is 16.6 Å². The molecule has 0 spiro atoms. The Hall–Kier alpha value is -2.61. The molecule has 8 heteroatoms. The summed E-state index contributed by atoms with van der Waals surface area (Å²) in [4.78, 5) is 24.7. The molecule has 1 N–H and O–H groups in total. The minimum absolute atomic E-state index is 0.0698. The molecule has 1 saturated heterocycles. The highest BCUT2D eigenvalue weighted by Crippen LogP contribution is 2.19. The molecule has 126 valence electrons. The minimum atomic E-state index is -0.320. The number of nitrogens with one attached hydrogen (secondary N) is 1. The Morgan fingerprint density at radius 3 is 3.12 bits per heavy atom. The lowest BCUT2D eigenvalue weighted by Gasteiger charge is -2.12. The van der Waals surface area contributed by atoms with Crippen LogP contribution < -0.4 is 10.9 Å². The van der Waals surface area contributed by atoms with Gasteiger partial charge in [0.2, 0.25) is 5.91 Å². The van der Waals surface area contributed by atoms with Crippen molar-refractivity contribution in [3.8, 4) is 0 Å². The Labute approximate surface area is 137 Å². The van der Waals surface area contributed by atoms with E-state index in [9.17, 15) is 9.59 Å². The van der Waals surface area contributed by atoms with Gasteiger partial charge in [0.15, 0.2) is 5.58 Å².